The summed E-state index contributed by atoms with van der Waals surface area (Å²) in [6.07, 6.45) is 0. The van der Waals surface area contributed by atoms with Gasteiger partial charge in [0.1, 0.15) is 11.5 Å². The second-order valence-electron chi connectivity index (χ2n) is 4.80. The van der Waals surface area contributed by atoms with E-state index >= 15 is 0 Å². The van der Waals surface area contributed by atoms with Crippen LogP contribution in [0.2, 0.25) is 5.02 Å². The summed E-state index contributed by atoms with van der Waals surface area (Å²) in [6, 6.07) is 6.59. The van der Waals surface area contributed by atoms with E-state index < -0.39 is 0 Å². The number of anilines is 1. The molecule has 0 radical (unpaired) electrons. The molecule has 1 amide bonds. The van der Waals surface area contributed by atoms with Crippen molar-refractivity contribution in [2.24, 2.45) is 0 Å². The Labute approximate surface area is 122 Å². The summed E-state index contributed by atoms with van der Waals surface area (Å²) in [4.78, 5) is 12.2. The molecule has 0 saturated heterocycles. The Balaban J connectivity index is 2.19. The lowest BCUT2D eigenvalue weighted by atomic mass is 10.1. The molecule has 3 N–H and O–H groups in total. The number of nitrogens with one attached hydrogen (secondary N) is 1. The highest BCUT2D eigenvalue weighted by Crippen LogP contribution is 2.23. The first-order valence-corrected chi connectivity index (χ1v) is 6.69. The third-order valence-electron chi connectivity index (χ3n) is 3.13. The van der Waals surface area contributed by atoms with E-state index in [0.29, 0.717) is 16.3 Å². The van der Waals surface area contributed by atoms with Crippen molar-refractivity contribution in [2.45, 2.75) is 26.8 Å². The topological polar surface area (TPSA) is 68.3 Å². The van der Waals surface area contributed by atoms with Crippen LogP contribution < -0.4 is 11.1 Å². The SMILES string of the molecule is Cc1cc(C(C)NC(=O)c2cc(N)ccc2Cl)c(C)o1. The van der Waals surface area contributed by atoms with Gasteiger partial charge in [0.15, 0.2) is 0 Å². The van der Waals surface area contributed by atoms with Gasteiger partial charge in [-0.2, -0.15) is 0 Å². The summed E-state index contributed by atoms with van der Waals surface area (Å²) in [5.74, 6) is 1.36. The highest BCUT2D eigenvalue weighted by Gasteiger charge is 2.17. The third kappa shape index (κ3) is 2.96. The van der Waals surface area contributed by atoms with Crippen LogP contribution >= 0.6 is 11.6 Å². The van der Waals surface area contributed by atoms with Gasteiger partial charge in [-0.15, -0.1) is 0 Å². The first-order valence-electron chi connectivity index (χ1n) is 6.31. The van der Waals surface area contributed by atoms with Crippen molar-refractivity contribution in [1.29, 1.82) is 0 Å². The van der Waals surface area contributed by atoms with Crippen LogP contribution in [0.4, 0.5) is 5.69 Å². The first kappa shape index (κ1) is 14.5. The molecule has 1 heterocycles. The molecular formula is C15H17ClN2O2. The number of aryl methyl sites for hydroxylation is 2. The summed E-state index contributed by atoms with van der Waals surface area (Å²) in [6.45, 7) is 5.65. The van der Waals surface area contributed by atoms with E-state index in [1.807, 2.05) is 26.8 Å². The van der Waals surface area contributed by atoms with Crippen LogP contribution in [0.25, 0.3) is 0 Å². The molecule has 0 saturated carbocycles. The zero-order valence-electron chi connectivity index (χ0n) is 11.7. The Kier molecular flexibility index (Phi) is 4.04. The number of hydrogen-bond donors (Lipinski definition) is 2. The van der Waals surface area contributed by atoms with Gasteiger partial charge in [-0.3, -0.25) is 4.79 Å². The molecule has 1 atom stereocenters. The molecule has 4 nitrogen and oxygen atoms in total. The number of carbonyl (C=O) groups excluding carboxylic acids is 1. The molecule has 0 spiro atoms. The number of halogens is 1. The molecular weight excluding hydrogens is 276 g/mol. The molecule has 5 heteroatoms. The van der Waals surface area contributed by atoms with Crippen LogP contribution in [0.15, 0.2) is 28.7 Å². The van der Waals surface area contributed by atoms with Gasteiger partial charge in [-0.05, 0) is 45.0 Å². The van der Waals surface area contributed by atoms with Gasteiger partial charge in [-0.25, -0.2) is 0 Å². The predicted octanol–water partition coefficient (Wildman–Crippen LogP) is 3.62. The maximum absolute atomic E-state index is 12.2. The molecule has 20 heavy (non-hydrogen) atoms. The lowest BCUT2D eigenvalue weighted by Gasteiger charge is -2.14. The minimum atomic E-state index is -0.256. The summed E-state index contributed by atoms with van der Waals surface area (Å²) in [5, 5.41) is 3.27. The first-order chi connectivity index (χ1) is 9.38. The summed E-state index contributed by atoms with van der Waals surface area (Å²) in [7, 11) is 0. The maximum atomic E-state index is 12.2. The number of benzene rings is 1. The number of nitrogens with two attached hydrogens (primary N) is 1. The van der Waals surface area contributed by atoms with Crippen molar-refractivity contribution >= 4 is 23.2 Å². The lowest BCUT2D eigenvalue weighted by molar-refractivity contribution is 0.0940. The van der Waals surface area contributed by atoms with Crippen LogP contribution in [0.5, 0.6) is 0 Å². The van der Waals surface area contributed by atoms with Gasteiger partial charge in [0, 0.05) is 11.3 Å². The molecule has 0 bridgehead atoms. The molecule has 0 fully saturated rings. The fourth-order valence-corrected chi connectivity index (χ4v) is 2.35. The third-order valence-corrected chi connectivity index (χ3v) is 3.46. The minimum Gasteiger partial charge on any atom is -0.466 e. The molecule has 2 aromatic rings. The number of hydrogen-bond acceptors (Lipinski definition) is 3. The van der Waals surface area contributed by atoms with Gasteiger partial charge >= 0.3 is 0 Å². The van der Waals surface area contributed by atoms with E-state index in [2.05, 4.69) is 5.32 Å². The number of amides is 1. The Morgan fingerprint density at radius 3 is 2.65 bits per heavy atom. The van der Waals surface area contributed by atoms with Crippen molar-refractivity contribution in [3.05, 3.63) is 51.9 Å². The maximum Gasteiger partial charge on any atom is 0.253 e. The van der Waals surface area contributed by atoms with Crippen molar-refractivity contribution in [3.63, 3.8) is 0 Å². The van der Waals surface area contributed by atoms with Crippen LogP contribution in [0.3, 0.4) is 0 Å². The van der Waals surface area contributed by atoms with E-state index in [1.54, 1.807) is 18.2 Å². The van der Waals surface area contributed by atoms with E-state index in [9.17, 15) is 4.79 Å². The van der Waals surface area contributed by atoms with Gasteiger partial charge in [-0.1, -0.05) is 11.6 Å². The Bertz CT molecular complexity index is 649. The lowest BCUT2D eigenvalue weighted by Crippen LogP contribution is -2.27. The Hall–Kier alpha value is -1.94. The second-order valence-corrected chi connectivity index (χ2v) is 5.21. The smallest absolute Gasteiger partial charge is 0.253 e. The van der Waals surface area contributed by atoms with Crippen molar-refractivity contribution in [1.82, 2.24) is 5.32 Å². The van der Waals surface area contributed by atoms with E-state index in [1.165, 1.54) is 0 Å². The molecule has 1 unspecified atom stereocenters. The molecule has 106 valence electrons. The average molecular weight is 293 g/mol. The quantitative estimate of drug-likeness (QED) is 0.849. The van der Waals surface area contributed by atoms with Crippen LogP contribution in [-0.4, -0.2) is 5.91 Å². The monoisotopic (exact) mass is 292 g/mol. The fraction of sp³-hybridized carbons (Fsp3) is 0.267. The highest BCUT2D eigenvalue weighted by atomic mass is 35.5. The molecule has 0 aliphatic heterocycles. The number of carbonyl (C=O) groups is 1. The Morgan fingerprint density at radius 1 is 1.35 bits per heavy atom. The predicted molar refractivity (Wildman–Crippen MR) is 79.9 cm³/mol. The minimum absolute atomic E-state index is 0.169. The average Bonchev–Trinajstić information content (AvgIpc) is 2.71. The highest BCUT2D eigenvalue weighted by molar-refractivity contribution is 6.34. The standard InChI is InChI=1S/C15H17ClN2O2/c1-8-6-12(10(3)20-8)9(2)18-15(19)13-7-11(17)4-5-14(13)16/h4-7,9H,17H2,1-3H3,(H,18,19). The fourth-order valence-electron chi connectivity index (χ4n) is 2.15. The molecule has 1 aromatic carbocycles. The largest absolute Gasteiger partial charge is 0.466 e. The number of furan rings is 1. The Morgan fingerprint density at radius 2 is 2.05 bits per heavy atom. The number of nitrogen functional groups attached to an aromatic ring is 1. The van der Waals surface area contributed by atoms with E-state index in [4.69, 9.17) is 21.8 Å². The molecule has 1 aromatic heterocycles. The van der Waals surface area contributed by atoms with E-state index in [-0.39, 0.29) is 11.9 Å². The van der Waals surface area contributed by atoms with Crippen LogP contribution in [-0.2, 0) is 0 Å². The molecule has 0 aliphatic carbocycles. The second kappa shape index (κ2) is 5.59. The van der Waals surface area contributed by atoms with E-state index in [0.717, 1.165) is 17.1 Å². The zero-order valence-corrected chi connectivity index (χ0v) is 12.4. The van der Waals surface area contributed by atoms with Crippen LogP contribution in [0.1, 0.15) is 40.4 Å². The van der Waals surface area contributed by atoms with Gasteiger partial charge in [0.25, 0.3) is 5.91 Å². The molecule has 0 aliphatic rings. The summed E-state index contributed by atoms with van der Waals surface area (Å²) >= 11 is 6.02. The van der Waals surface area contributed by atoms with Crippen molar-refractivity contribution < 1.29 is 9.21 Å². The van der Waals surface area contributed by atoms with Crippen molar-refractivity contribution in [3.8, 4) is 0 Å². The van der Waals surface area contributed by atoms with Crippen LogP contribution in [0, 0.1) is 13.8 Å². The zero-order chi connectivity index (χ0) is 14.9. The molecule has 2 rings (SSSR count). The number of rotatable bonds is 3. The summed E-state index contributed by atoms with van der Waals surface area (Å²) < 4.78 is 5.47. The summed E-state index contributed by atoms with van der Waals surface area (Å²) in [5.41, 5.74) is 7.51. The normalized spacial score (nSPS) is 12.2. The van der Waals surface area contributed by atoms with Crippen molar-refractivity contribution in [2.75, 3.05) is 5.73 Å². The van der Waals surface area contributed by atoms with Gasteiger partial charge in [0.2, 0.25) is 0 Å². The van der Waals surface area contributed by atoms with Gasteiger partial charge in [0.05, 0.1) is 16.6 Å². The van der Waals surface area contributed by atoms with Gasteiger partial charge < -0.3 is 15.5 Å².